The number of esters is 1. The Labute approximate surface area is 220 Å². The number of nitrogens with zero attached hydrogens (tertiary/aromatic N) is 3. The van der Waals surface area contributed by atoms with Crippen LogP contribution in [0.25, 0.3) is 0 Å². The standard InChI is InChI=1S/C21H25F6N3O7S2/c1-3-4-8-13-36-19(31)17(29-12-11-28(2)15-29)18(37-14-16-9-6-5-7-10-16)30(38(32,33)20(22,23)24)39(34,35)21(25,26)27/h5-7,9-12,15,17H,3-4,8,13-14H2,1-2H3/q+2/t17-/m0/s1. The van der Waals surface area contributed by atoms with Gasteiger partial charge in [0, 0.05) is 0 Å². The molecule has 218 valence electrons. The van der Waals surface area contributed by atoms with Crippen LogP contribution in [0.15, 0.2) is 49.1 Å². The van der Waals surface area contributed by atoms with E-state index in [-0.39, 0.29) is 18.6 Å². The first-order valence-electron chi connectivity index (χ1n) is 11.1. The van der Waals surface area contributed by atoms with Crippen molar-refractivity contribution in [3.63, 3.8) is 0 Å². The molecule has 0 aliphatic carbocycles. The van der Waals surface area contributed by atoms with Crippen LogP contribution in [0.1, 0.15) is 37.8 Å². The van der Waals surface area contributed by atoms with Crippen molar-refractivity contribution in [3.05, 3.63) is 54.6 Å². The van der Waals surface area contributed by atoms with Crippen LogP contribution in [0.4, 0.5) is 26.3 Å². The number of hydrogen-bond acceptors (Lipinski definition) is 7. The average Bonchev–Trinajstić information content (AvgIpc) is 3.24. The number of halogens is 6. The molecular formula is C21H25F6N3O7S2+2. The van der Waals surface area contributed by atoms with Gasteiger partial charge in [0.15, 0.2) is 0 Å². The van der Waals surface area contributed by atoms with Gasteiger partial charge < -0.3 is 9.47 Å². The summed E-state index contributed by atoms with van der Waals surface area (Å²) in [6.07, 6.45) is 4.60. The highest BCUT2D eigenvalue weighted by molar-refractivity contribution is 7.98. The van der Waals surface area contributed by atoms with Crippen LogP contribution >= 0.6 is 0 Å². The highest BCUT2D eigenvalue weighted by Crippen LogP contribution is 2.34. The minimum Gasteiger partial charge on any atom is -0.462 e. The molecule has 18 heteroatoms. The molecule has 0 bridgehead atoms. The number of alkyl halides is 6. The quantitative estimate of drug-likeness (QED) is 0.0961. The van der Waals surface area contributed by atoms with Gasteiger partial charge in [0.05, 0.1) is 17.0 Å². The number of aromatic nitrogens is 2. The maximum atomic E-state index is 13.6. The van der Waals surface area contributed by atoms with Gasteiger partial charge in [-0.05, 0) is 12.0 Å². The van der Waals surface area contributed by atoms with Gasteiger partial charge in [-0.15, -0.1) is 0 Å². The number of unbranched alkanes of at least 4 members (excludes halogenated alkanes) is 2. The Morgan fingerprint density at radius 2 is 1.54 bits per heavy atom. The number of carbonyl (C=O) groups excluding carboxylic acids is 1. The lowest BCUT2D eigenvalue weighted by Gasteiger charge is -2.17. The van der Waals surface area contributed by atoms with Crippen LogP contribution < -0.4 is 4.57 Å². The number of ether oxygens (including phenoxy) is 2. The largest absolute Gasteiger partial charge is 0.561 e. The summed E-state index contributed by atoms with van der Waals surface area (Å²) in [4.78, 5) is 13.1. The molecule has 10 nitrogen and oxygen atoms in total. The van der Waals surface area contributed by atoms with Gasteiger partial charge in [0.1, 0.15) is 19.0 Å². The highest BCUT2D eigenvalue weighted by atomic mass is 32.3. The second-order valence-corrected chi connectivity index (χ2v) is 11.8. The molecule has 1 atom stereocenters. The van der Waals surface area contributed by atoms with E-state index in [1.807, 2.05) is 0 Å². The van der Waals surface area contributed by atoms with Crippen molar-refractivity contribution in [2.75, 3.05) is 6.61 Å². The molecule has 0 saturated heterocycles. The average molecular weight is 610 g/mol. The zero-order chi connectivity index (χ0) is 29.6. The summed E-state index contributed by atoms with van der Waals surface area (Å²) in [7, 11) is -13.4. The minimum atomic E-state index is -7.36. The molecule has 1 aromatic heterocycles. The fourth-order valence-corrected chi connectivity index (χ4v) is 5.79. The molecule has 2 rings (SSSR count). The van der Waals surface area contributed by atoms with Gasteiger partial charge >= 0.3 is 49.0 Å². The molecule has 0 saturated carbocycles. The summed E-state index contributed by atoms with van der Waals surface area (Å²) >= 11 is 0. The topological polar surface area (TPSA) is 116 Å². The van der Waals surface area contributed by atoms with E-state index in [4.69, 9.17) is 9.47 Å². The summed E-state index contributed by atoms with van der Waals surface area (Å²) in [6, 6.07) is 4.43. The molecule has 1 aromatic carbocycles. The van der Waals surface area contributed by atoms with Crippen molar-refractivity contribution in [1.82, 2.24) is 4.57 Å². The maximum absolute atomic E-state index is 13.6. The Balaban J connectivity index is 2.96. The monoisotopic (exact) mass is 609 g/mol. The molecule has 1 heterocycles. The molecule has 0 aliphatic rings. The van der Waals surface area contributed by atoms with Crippen molar-refractivity contribution < 1.29 is 65.4 Å². The predicted octanol–water partition coefficient (Wildman–Crippen LogP) is 2.91. The second-order valence-electron chi connectivity index (χ2n) is 8.01. The molecule has 0 spiro atoms. The SMILES string of the molecule is CCCCCOC(=O)[C@H](C(OCc1ccccc1)=[N+](S(=O)(=O)C(F)(F)F)S(=O)(=O)C(F)(F)F)n1cc[n+](C)c1. The molecule has 2 aromatic rings. The normalized spacial score (nSPS) is 13.5. The van der Waals surface area contributed by atoms with Gasteiger partial charge in [-0.2, -0.15) is 43.2 Å². The highest BCUT2D eigenvalue weighted by Gasteiger charge is 2.70. The number of sulfonamides is 2. The van der Waals surface area contributed by atoms with E-state index in [1.165, 1.54) is 48.1 Å². The summed E-state index contributed by atoms with van der Waals surface area (Å²) < 4.78 is 141. The van der Waals surface area contributed by atoms with Crippen molar-refractivity contribution in [2.45, 2.75) is 49.9 Å². The lowest BCUT2D eigenvalue weighted by molar-refractivity contribution is -0.671. The minimum absolute atomic E-state index is 0.0943. The number of hydrogen-bond donors (Lipinski definition) is 0. The van der Waals surface area contributed by atoms with Gasteiger partial charge in [0.25, 0.3) is 0 Å². The molecule has 0 amide bonds. The Bertz CT molecular complexity index is 1340. The van der Waals surface area contributed by atoms with E-state index >= 15 is 0 Å². The second kappa shape index (κ2) is 12.4. The molecule has 0 unspecified atom stereocenters. The van der Waals surface area contributed by atoms with E-state index in [0.29, 0.717) is 17.4 Å². The summed E-state index contributed by atoms with van der Waals surface area (Å²) in [6.45, 7) is 0.538. The lowest BCUT2D eigenvalue weighted by atomic mass is 10.2. The molecule has 0 aliphatic heterocycles. The number of imidazole rings is 1. The number of rotatable bonds is 11. The Kier molecular flexibility index (Phi) is 10.2. The van der Waals surface area contributed by atoms with Crippen LogP contribution in [0, 0.1) is 0 Å². The maximum Gasteiger partial charge on any atom is 0.561 e. The van der Waals surface area contributed by atoms with Crippen LogP contribution in [0.3, 0.4) is 0 Å². The predicted molar refractivity (Wildman–Crippen MR) is 122 cm³/mol. The fraction of sp³-hybridized carbons (Fsp3) is 0.476. The molecule has 0 radical (unpaired) electrons. The van der Waals surface area contributed by atoms with Gasteiger partial charge in [0.2, 0.25) is 6.33 Å². The van der Waals surface area contributed by atoms with Crippen LogP contribution in [-0.4, -0.2) is 54.3 Å². The summed E-state index contributed by atoms with van der Waals surface area (Å²) in [5.74, 6) is -3.57. The van der Waals surface area contributed by atoms with Crippen LogP contribution in [0.2, 0.25) is 0 Å². The van der Waals surface area contributed by atoms with E-state index in [1.54, 1.807) is 6.92 Å². The van der Waals surface area contributed by atoms with E-state index in [9.17, 15) is 48.0 Å². The molecule has 0 fully saturated rings. The molecule has 39 heavy (non-hydrogen) atoms. The molecule has 0 N–H and O–H groups in total. The van der Waals surface area contributed by atoms with E-state index in [0.717, 1.165) is 12.5 Å². The smallest absolute Gasteiger partial charge is 0.462 e. The number of benzene rings is 1. The zero-order valence-electron chi connectivity index (χ0n) is 20.5. The number of carbonyl (C=O) groups is 1. The van der Waals surface area contributed by atoms with E-state index in [2.05, 4.69) is 0 Å². The fourth-order valence-electron chi connectivity index (χ4n) is 3.09. The Morgan fingerprint density at radius 1 is 0.974 bits per heavy atom. The van der Waals surface area contributed by atoms with Crippen molar-refractivity contribution >= 4 is 31.9 Å². The number of aryl methyl sites for hydroxylation is 1. The third-order valence-corrected chi connectivity index (χ3v) is 8.55. The molecular weight excluding hydrogens is 584 g/mol. The van der Waals surface area contributed by atoms with Crippen molar-refractivity contribution in [2.24, 2.45) is 7.05 Å². The Hall–Kier alpha value is -3.15. The first kappa shape index (κ1) is 32.1. The zero-order valence-corrected chi connectivity index (χ0v) is 22.1. The first-order valence-corrected chi connectivity index (χ1v) is 14.0. The Morgan fingerprint density at radius 3 is 2.00 bits per heavy atom. The van der Waals surface area contributed by atoms with Crippen molar-refractivity contribution in [1.29, 1.82) is 0 Å². The summed E-state index contributed by atoms with van der Waals surface area (Å²) in [5, 5.41) is 0. The van der Waals surface area contributed by atoms with E-state index < -0.39 is 59.0 Å². The van der Waals surface area contributed by atoms with Gasteiger partial charge in [-0.25, -0.2) is 13.9 Å². The first-order chi connectivity index (χ1) is 17.9. The van der Waals surface area contributed by atoms with Crippen LogP contribution in [-0.2, 0) is 48.0 Å². The van der Waals surface area contributed by atoms with Crippen molar-refractivity contribution in [3.8, 4) is 0 Å². The third kappa shape index (κ3) is 7.49. The van der Waals surface area contributed by atoms with Crippen LogP contribution in [0.5, 0.6) is 0 Å². The van der Waals surface area contributed by atoms with Gasteiger partial charge in [-0.3, -0.25) is 0 Å². The third-order valence-electron chi connectivity index (χ3n) is 4.97. The summed E-state index contributed by atoms with van der Waals surface area (Å²) in [5.41, 5.74) is -13.0. The van der Waals surface area contributed by atoms with Gasteiger partial charge in [-0.1, -0.05) is 50.1 Å². The lowest BCUT2D eigenvalue weighted by Crippen LogP contribution is -2.49.